The molecule has 2 aromatic carbocycles. The van der Waals surface area contributed by atoms with Gasteiger partial charge in [-0.3, -0.25) is 0 Å². The summed E-state index contributed by atoms with van der Waals surface area (Å²) in [6, 6.07) is 20.4. The van der Waals surface area contributed by atoms with Crippen LogP contribution in [0.3, 0.4) is 0 Å². The minimum Gasteiger partial charge on any atom is -0.133 e. The number of hydrogen-bond donors (Lipinski definition) is 0. The highest BCUT2D eigenvalue weighted by molar-refractivity contribution is 5.28. The summed E-state index contributed by atoms with van der Waals surface area (Å²) in [6.07, 6.45) is 3.96. The van der Waals surface area contributed by atoms with E-state index in [2.05, 4.69) is 17.3 Å². The molecule has 0 saturated heterocycles. The van der Waals surface area contributed by atoms with Crippen LogP contribution in [0.1, 0.15) is 5.56 Å². The quantitative estimate of drug-likeness (QED) is 0.639. The van der Waals surface area contributed by atoms with Gasteiger partial charge in [0.2, 0.25) is 0 Å². The van der Waals surface area contributed by atoms with Crippen molar-refractivity contribution in [2.24, 2.45) is 0 Å². The van der Waals surface area contributed by atoms with Crippen molar-refractivity contribution in [2.75, 3.05) is 0 Å². The number of nitrogens with zero attached hydrogens (tertiary/aromatic N) is 3. The normalized spacial score (nSPS) is 10.4. The molecule has 0 N–H and O–H groups in total. The third kappa shape index (κ3) is 2.30. The van der Waals surface area contributed by atoms with Gasteiger partial charge in [0.25, 0.3) is 0 Å². The topological polar surface area (TPSA) is 21.7 Å². The van der Waals surface area contributed by atoms with Crippen LogP contribution in [0.25, 0.3) is 5.69 Å². The molecule has 1 heterocycles. The molecule has 18 heavy (non-hydrogen) atoms. The highest BCUT2D eigenvalue weighted by Gasteiger charge is 2.08. The molecule has 0 bridgehead atoms. The second-order valence-electron chi connectivity index (χ2n) is 4.15. The second kappa shape index (κ2) is 4.84. The molecular weight excluding hydrogens is 222 g/mol. The van der Waals surface area contributed by atoms with E-state index in [9.17, 15) is 0 Å². The molecule has 0 spiro atoms. The molecule has 0 saturated carbocycles. The van der Waals surface area contributed by atoms with E-state index in [0.29, 0.717) is 0 Å². The Labute approximate surface area is 106 Å². The van der Waals surface area contributed by atoms with Crippen molar-refractivity contribution in [2.45, 2.75) is 6.54 Å². The Bertz CT molecular complexity index is 615. The van der Waals surface area contributed by atoms with Crippen molar-refractivity contribution < 1.29 is 4.68 Å². The first kappa shape index (κ1) is 10.7. The summed E-state index contributed by atoms with van der Waals surface area (Å²) in [4.78, 5) is 0. The molecule has 3 rings (SSSR count). The maximum absolute atomic E-state index is 4.51. The molecule has 0 aliphatic rings. The monoisotopic (exact) mass is 236 g/mol. The summed E-state index contributed by atoms with van der Waals surface area (Å²) in [6.45, 7) is 0.792. The van der Waals surface area contributed by atoms with Gasteiger partial charge in [0.05, 0.1) is 5.21 Å². The third-order valence-electron chi connectivity index (χ3n) is 2.80. The Morgan fingerprint density at radius 3 is 2.28 bits per heavy atom. The predicted molar refractivity (Wildman–Crippen MR) is 69.3 cm³/mol. The summed E-state index contributed by atoms with van der Waals surface area (Å²) in [7, 11) is 0. The SMILES string of the molecule is c1ccc(C[n+]2ccn(-c3ccccc3)n2)cc1. The Morgan fingerprint density at radius 1 is 0.889 bits per heavy atom. The third-order valence-corrected chi connectivity index (χ3v) is 2.80. The molecule has 0 amide bonds. The van der Waals surface area contributed by atoms with Crippen molar-refractivity contribution in [1.82, 2.24) is 9.90 Å². The van der Waals surface area contributed by atoms with Gasteiger partial charge in [0.15, 0.2) is 18.1 Å². The summed E-state index contributed by atoms with van der Waals surface area (Å²) < 4.78 is 3.81. The van der Waals surface area contributed by atoms with Gasteiger partial charge in [-0.05, 0) is 17.7 Å². The van der Waals surface area contributed by atoms with Crippen molar-refractivity contribution in [3.05, 3.63) is 78.6 Å². The van der Waals surface area contributed by atoms with E-state index in [1.807, 2.05) is 70.3 Å². The van der Waals surface area contributed by atoms with E-state index < -0.39 is 0 Å². The molecule has 0 radical (unpaired) electrons. The fraction of sp³-hybridized carbons (Fsp3) is 0.0667. The van der Waals surface area contributed by atoms with E-state index in [-0.39, 0.29) is 0 Å². The van der Waals surface area contributed by atoms with Crippen LogP contribution in [0.4, 0.5) is 0 Å². The fourth-order valence-electron chi connectivity index (χ4n) is 1.90. The lowest BCUT2D eigenvalue weighted by Crippen LogP contribution is -2.36. The number of benzene rings is 2. The highest BCUT2D eigenvalue weighted by Crippen LogP contribution is 2.03. The Hall–Kier alpha value is -2.42. The van der Waals surface area contributed by atoms with Gasteiger partial charge < -0.3 is 0 Å². The van der Waals surface area contributed by atoms with Crippen molar-refractivity contribution in [3.8, 4) is 5.69 Å². The smallest absolute Gasteiger partial charge is 0.133 e. The van der Waals surface area contributed by atoms with Gasteiger partial charge in [0.1, 0.15) is 6.54 Å². The number of para-hydroxylation sites is 1. The van der Waals surface area contributed by atoms with Crippen LogP contribution < -0.4 is 4.68 Å². The zero-order valence-corrected chi connectivity index (χ0v) is 9.98. The molecule has 0 unspecified atom stereocenters. The highest BCUT2D eigenvalue weighted by atomic mass is 15.5. The summed E-state index contributed by atoms with van der Waals surface area (Å²) in [5, 5.41) is 4.51. The lowest BCUT2D eigenvalue weighted by Gasteiger charge is -1.94. The largest absolute Gasteiger partial charge is 0.161 e. The second-order valence-corrected chi connectivity index (χ2v) is 4.15. The van der Waals surface area contributed by atoms with Crippen LogP contribution in [0.5, 0.6) is 0 Å². The molecule has 3 aromatic rings. The van der Waals surface area contributed by atoms with Gasteiger partial charge in [-0.2, -0.15) is 0 Å². The summed E-state index contributed by atoms with van der Waals surface area (Å²) in [5.74, 6) is 0. The first-order valence-corrected chi connectivity index (χ1v) is 5.96. The van der Waals surface area contributed by atoms with Crippen molar-refractivity contribution >= 4 is 0 Å². The van der Waals surface area contributed by atoms with E-state index in [1.165, 1.54) is 5.56 Å². The van der Waals surface area contributed by atoms with Crippen LogP contribution in [-0.4, -0.2) is 9.90 Å². The zero-order valence-electron chi connectivity index (χ0n) is 9.98. The summed E-state index contributed by atoms with van der Waals surface area (Å²) >= 11 is 0. The number of rotatable bonds is 3. The van der Waals surface area contributed by atoms with E-state index >= 15 is 0 Å². The molecule has 3 heteroatoms. The fourth-order valence-corrected chi connectivity index (χ4v) is 1.90. The molecular formula is C15H14N3+. The molecule has 0 fully saturated rings. The number of aromatic nitrogens is 3. The first-order chi connectivity index (χ1) is 8.92. The van der Waals surface area contributed by atoms with E-state index in [0.717, 1.165) is 12.2 Å². The van der Waals surface area contributed by atoms with E-state index in [4.69, 9.17) is 0 Å². The van der Waals surface area contributed by atoms with Crippen LogP contribution in [0.2, 0.25) is 0 Å². The Balaban J connectivity index is 1.82. The summed E-state index contributed by atoms with van der Waals surface area (Å²) in [5.41, 5.74) is 2.32. The average Bonchev–Trinajstić information content (AvgIpc) is 2.89. The molecule has 0 aliphatic heterocycles. The molecule has 0 aliphatic carbocycles. The number of hydrogen-bond acceptors (Lipinski definition) is 1. The van der Waals surface area contributed by atoms with E-state index in [1.54, 1.807) is 0 Å². The van der Waals surface area contributed by atoms with Crippen molar-refractivity contribution in [3.63, 3.8) is 0 Å². The van der Waals surface area contributed by atoms with Crippen LogP contribution >= 0.6 is 0 Å². The van der Waals surface area contributed by atoms with Crippen LogP contribution in [0.15, 0.2) is 73.1 Å². The van der Waals surface area contributed by atoms with Gasteiger partial charge in [-0.15, -0.1) is 9.36 Å². The molecule has 1 aromatic heterocycles. The van der Waals surface area contributed by atoms with Gasteiger partial charge in [-0.1, -0.05) is 48.5 Å². The maximum Gasteiger partial charge on any atom is 0.161 e. The van der Waals surface area contributed by atoms with Gasteiger partial charge in [0, 0.05) is 0 Å². The van der Waals surface area contributed by atoms with Crippen LogP contribution in [0, 0.1) is 0 Å². The minimum atomic E-state index is 0.792. The Kier molecular flexibility index (Phi) is 2.88. The minimum absolute atomic E-state index is 0.792. The average molecular weight is 236 g/mol. The molecule has 3 nitrogen and oxygen atoms in total. The van der Waals surface area contributed by atoms with Gasteiger partial charge in [-0.25, -0.2) is 0 Å². The lowest BCUT2D eigenvalue weighted by molar-refractivity contribution is -0.747. The standard InChI is InChI=1S/C15H14N3/c1-3-7-14(8-4-1)13-17-11-12-18(16-17)15-9-5-2-6-10-15/h1-12H,13H2/q+1. The first-order valence-electron chi connectivity index (χ1n) is 5.96. The van der Waals surface area contributed by atoms with Crippen LogP contribution in [-0.2, 0) is 6.54 Å². The molecule has 0 atom stereocenters. The zero-order chi connectivity index (χ0) is 12.2. The van der Waals surface area contributed by atoms with Crippen molar-refractivity contribution in [1.29, 1.82) is 0 Å². The Morgan fingerprint density at radius 2 is 1.56 bits per heavy atom. The predicted octanol–water partition coefficient (Wildman–Crippen LogP) is 2.21. The lowest BCUT2D eigenvalue weighted by atomic mass is 10.2. The maximum atomic E-state index is 4.51. The van der Waals surface area contributed by atoms with Gasteiger partial charge >= 0.3 is 0 Å². The molecule has 88 valence electrons.